The van der Waals surface area contributed by atoms with Crippen molar-refractivity contribution in [1.29, 1.82) is 5.26 Å². The average Bonchev–Trinajstić information content (AvgIpc) is 3.61. The number of benzene rings is 1. The van der Waals surface area contributed by atoms with Crippen LogP contribution in [0, 0.1) is 17.2 Å². The van der Waals surface area contributed by atoms with Crippen molar-refractivity contribution in [3.63, 3.8) is 0 Å². The topological polar surface area (TPSA) is 117 Å². The summed E-state index contributed by atoms with van der Waals surface area (Å²) in [6.07, 6.45) is 1.55. The predicted octanol–water partition coefficient (Wildman–Crippen LogP) is 3.03. The first kappa shape index (κ1) is 22.4. The highest BCUT2D eigenvalue weighted by molar-refractivity contribution is 5.94. The van der Waals surface area contributed by atoms with Gasteiger partial charge in [-0.3, -0.25) is 4.79 Å². The van der Waals surface area contributed by atoms with E-state index in [1.54, 1.807) is 11.0 Å². The van der Waals surface area contributed by atoms with Gasteiger partial charge in [-0.2, -0.15) is 5.26 Å². The first-order valence-electron chi connectivity index (χ1n) is 12.4. The molecule has 1 amide bonds. The quantitative estimate of drug-likeness (QED) is 0.665. The molecule has 5 aliphatic rings. The maximum absolute atomic E-state index is 14.2. The second-order valence-corrected chi connectivity index (χ2v) is 10.3. The fraction of sp³-hybridized carbons (Fsp3) is 0.462. The summed E-state index contributed by atoms with van der Waals surface area (Å²) >= 11 is 0. The lowest BCUT2D eigenvalue weighted by Gasteiger charge is -2.44. The standard InChI is InChI=1S/C26H24F2N6O3/c27-26(28)8-20-17-7-18(31-10-19(17)32-25(30)34(20)12-26)24(35)33-3-4-36-22-11-37-21-6-13(16-5-14(16)9-29)1-2-15(21)23(22)33/h1-2,6-7,10,14,16,20,22-23H,3-5,8,11-12H2,(H2,30,32)/t14-,16-,20+,22+,23-/m0/s1. The molecule has 190 valence electrons. The number of aromatic nitrogens is 1. The highest BCUT2D eigenvalue weighted by Crippen LogP contribution is 2.50. The molecule has 7 rings (SSSR count). The zero-order chi connectivity index (χ0) is 25.5. The summed E-state index contributed by atoms with van der Waals surface area (Å²) in [6, 6.07) is 8.79. The third-order valence-electron chi connectivity index (χ3n) is 8.05. The predicted molar refractivity (Wildman–Crippen MR) is 126 cm³/mol. The minimum Gasteiger partial charge on any atom is -0.490 e. The molecule has 4 aliphatic heterocycles. The van der Waals surface area contributed by atoms with Gasteiger partial charge < -0.3 is 25.0 Å². The van der Waals surface area contributed by atoms with E-state index in [1.807, 2.05) is 18.2 Å². The summed E-state index contributed by atoms with van der Waals surface area (Å²) < 4.78 is 40.4. The van der Waals surface area contributed by atoms with Crippen LogP contribution in [0.1, 0.15) is 58.0 Å². The molecule has 0 radical (unpaired) electrons. The molecule has 9 nitrogen and oxygen atoms in total. The molecule has 2 N–H and O–H groups in total. The number of amides is 1. The number of hydrogen-bond acceptors (Lipinski definition) is 8. The van der Waals surface area contributed by atoms with Crippen LogP contribution in [-0.4, -0.2) is 65.0 Å². The number of morpholine rings is 1. The fourth-order valence-corrected chi connectivity index (χ4v) is 6.11. The van der Waals surface area contributed by atoms with Crippen LogP contribution in [0.15, 0.2) is 35.5 Å². The number of carbonyl (C=O) groups is 1. The van der Waals surface area contributed by atoms with E-state index in [0.717, 1.165) is 17.5 Å². The molecule has 0 unspecified atom stereocenters. The van der Waals surface area contributed by atoms with Gasteiger partial charge in [0.25, 0.3) is 11.8 Å². The molecule has 0 spiro atoms. The van der Waals surface area contributed by atoms with Crippen molar-refractivity contribution in [2.45, 2.75) is 42.9 Å². The zero-order valence-corrected chi connectivity index (χ0v) is 19.8. The fourth-order valence-electron chi connectivity index (χ4n) is 6.11. The van der Waals surface area contributed by atoms with Gasteiger partial charge in [0.1, 0.15) is 24.2 Å². The van der Waals surface area contributed by atoms with E-state index in [0.29, 0.717) is 36.8 Å². The van der Waals surface area contributed by atoms with Crippen LogP contribution >= 0.6 is 0 Å². The summed E-state index contributed by atoms with van der Waals surface area (Å²) in [5.74, 6) is -2.21. The molecule has 1 aliphatic carbocycles. The highest BCUT2D eigenvalue weighted by atomic mass is 19.3. The van der Waals surface area contributed by atoms with Gasteiger partial charge in [0.15, 0.2) is 5.96 Å². The number of hydrogen-bond donors (Lipinski definition) is 1. The summed E-state index contributed by atoms with van der Waals surface area (Å²) in [5, 5.41) is 9.20. The molecule has 1 aromatic heterocycles. The lowest BCUT2D eigenvalue weighted by atomic mass is 9.92. The number of nitrogens with zero attached hydrogens (tertiary/aromatic N) is 5. The number of ether oxygens (including phenoxy) is 2. The number of rotatable bonds is 2. The van der Waals surface area contributed by atoms with Gasteiger partial charge >= 0.3 is 0 Å². The SMILES string of the molecule is N#C[C@@H]1C[C@H]1c1ccc2c(c1)OC[C@H]1OCCN(C(=O)c3cc4c(cn3)N=C(N)N3CC(F)(F)C[C@H]43)[C@@H]21. The van der Waals surface area contributed by atoms with E-state index in [4.69, 9.17) is 15.2 Å². The van der Waals surface area contributed by atoms with Crippen molar-refractivity contribution in [2.75, 3.05) is 26.3 Å². The molecule has 2 aromatic rings. The van der Waals surface area contributed by atoms with Gasteiger partial charge in [-0.05, 0) is 24.1 Å². The maximum Gasteiger partial charge on any atom is 0.273 e. The van der Waals surface area contributed by atoms with Crippen molar-refractivity contribution >= 4 is 17.6 Å². The van der Waals surface area contributed by atoms with Crippen molar-refractivity contribution in [2.24, 2.45) is 16.6 Å². The molecule has 2 saturated heterocycles. The maximum atomic E-state index is 14.2. The van der Waals surface area contributed by atoms with Gasteiger partial charge in [0.05, 0.1) is 49.1 Å². The minimum atomic E-state index is -2.89. The second-order valence-electron chi connectivity index (χ2n) is 10.3. The molecular weight excluding hydrogens is 482 g/mol. The van der Waals surface area contributed by atoms with Crippen LogP contribution in [0.4, 0.5) is 14.5 Å². The highest BCUT2D eigenvalue weighted by Gasteiger charge is 2.49. The van der Waals surface area contributed by atoms with E-state index in [-0.39, 0.29) is 41.5 Å². The molecular formula is C26H24F2N6O3. The molecule has 1 saturated carbocycles. The Morgan fingerprint density at radius 1 is 1.27 bits per heavy atom. The Bertz CT molecular complexity index is 1390. The van der Waals surface area contributed by atoms with E-state index in [1.165, 1.54) is 11.1 Å². The van der Waals surface area contributed by atoms with Crippen LogP contribution < -0.4 is 10.5 Å². The van der Waals surface area contributed by atoms with Gasteiger partial charge in [0, 0.05) is 30.0 Å². The van der Waals surface area contributed by atoms with E-state index >= 15 is 0 Å². The number of nitrogens with two attached hydrogens (primary N) is 1. The van der Waals surface area contributed by atoms with Crippen LogP contribution in [0.5, 0.6) is 5.75 Å². The number of guanidine groups is 1. The lowest BCUT2D eigenvalue weighted by molar-refractivity contribution is -0.0868. The number of aliphatic imine (C=N–C) groups is 1. The van der Waals surface area contributed by atoms with Gasteiger partial charge in [-0.15, -0.1) is 0 Å². The second kappa shape index (κ2) is 7.86. The summed E-state index contributed by atoms with van der Waals surface area (Å²) in [6.45, 7) is 0.511. The molecule has 5 heterocycles. The van der Waals surface area contributed by atoms with Crippen molar-refractivity contribution < 1.29 is 23.0 Å². The van der Waals surface area contributed by atoms with Gasteiger partial charge in [-0.1, -0.05) is 12.1 Å². The third kappa shape index (κ3) is 3.54. The average molecular weight is 507 g/mol. The number of alkyl halides is 2. The van der Waals surface area contributed by atoms with E-state index in [9.17, 15) is 18.8 Å². The van der Waals surface area contributed by atoms with E-state index < -0.39 is 24.9 Å². The normalized spacial score (nSPS) is 30.6. The monoisotopic (exact) mass is 506 g/mol. The smallest absolute Gasteiger partial charge is 0.273 e. The molecule has 11 heteroatoms. The van der Waals surface area contributed by atoms with Crippen LogP contribution in [0.2, 0.25) is 0 Å². The third-order valence-corrected chi connectivity index (χ3v) is 8.05. The van der Waals surface area contributed by atoms with Crippen molar-refractivity contribution in [3.05, 3.63) is 52.8 Å². The van der Waals surface area contributed by atoms with E-state index in [2.05, 4.69) is 16.0 Å². The first-order valence-corrected chi connectivity index (χ1v) is 12.4. The van der Waals surface area contributed by atoms with Gasteiger partial charge in [-0.25, -0.2) is 18.8 Å². The Hall–Kier alpha value is -3.78. The Labute approximate surface area is 211 Å². The number of fused-ring (bicyclic) bond motifs is 6. The lowest BCUT2D eigenvalue weighted by Crippen LogP contribution is -2.52. The minimum absolute atomic E-state index is 0.0380. The Balaban J connectivity index is 1.21. The van der Waals surface area contributed by atoms with Crippen LogP contribution in [0.3, 0.4) is 0 Å². The van der Waals surface area contributed by atoms with Crippen LogP contribution in [-0.2, 0) is 4.74 Å². The molecule has 3 fully saturated rings. The molecule has 1 aromatic carbocycles. The molecule has 0 bridgehead atoms. The van der Waals surface area contributed by atoms with Crippen molar-refractivity contribution in [1.82, 2.24) is 14.8 Å². The summed E-state index contributed by atoms with van der Waals surface area (Å²) in [4.78, 5) is 25.5. The molecule has 37 heavy (non-hydrogen) atoms. The Kier molecular flexibility index (Phi) is 4.76. The Morgan fingerprint density at radius 2 is 2.14 bits per heavy atom. The largest absolute Gasteiger partial charge is 0.490 e. The van der Waals surface area contributed by atoms with Crippen LogP contribution in [0.25, 0.3) is 0 Å². The summed E-state index contributed by atoms with van der Waals surface area (Å²) in [5.41, 5.74) is 8.96. The number of nitriles is 1. The first-order chi connectivity index (χ1) is 17.8. The number of carbonyl (C=O) groups excluding carboxylic acids is 1. The zero-order valence-electron chi connectivity index (χ0n) is 19.8. The molecule has 5 atom stereocenters. The van der Waals surface area contributed by atoms with Crippen molar-refractivity contribution in [3.8, 4) is 11.8 Å². The number of halogens is 2. The van der Waals surface area contributed by atoms with Gasteiger partial charge in [0.2, 0.25) is 0 Å². The number of pyridine rings is 1. The summed E-state index contributed by atoms with van der Waals surface area (Å²) in [7, 11) is 0. The Morgan fingerprint density at radius 3 is 2.95 bits per heavy atom.